The Bertz CT molecular complexity index is 438. The highest BCUT2D eigenvalue weighted by Gasteiger charge is 2.09. The molecule has 1 aromatic carbocycles. The van der Waals surface area contributed by atoms with Crippen LogP contribution in [0.1, 0.15) is 25.3 Å². The van der Waals surface area contributed by atoms with Gasteiger partial charge >= 0.3 is 5.97 Å². The monoisotopic (exact) mass is 247 g/mol. The number of carboxylic acid groups (broad SMARTS) is 1. The molecule has 96 valence electrons. The van der Waals surface area contributed by atoms with Crippen LogP contribution in [0.2, 0.25) is 0 Å². The lowest BCUT2D eigenvalue weighted by atomic mass is 10.1. The van der Waals surface area contributed by atoms with Crippen molar-refractivity contribution in [3.05, 3.63) is 47.7 Å². The summed E-state index contributed by atoms with van der Waals surface area (Å²) in [5, 5.41) is 11.1. The Balaban J connectivity index is 2.32. The Morgan fingerprint density at radius 2 is 1.94 bits per heavy atom. The third-order valence-electron chi connectivity index (χ3n) is 2.51. The van der Waals surface area contributed by atoms with Crippen molar-refractivity contribution in [3.8, 4) is 0 Å². The molecular weight excluding hydrogens is 230 g/mol. The minimum Gasteiger partial charge on any atom is -0.477 e. The smallest absolute Gasteiger partial charge is 0.352 e. The van der Waals surface area contributed by atoms with Gasteiger partial charge in [-0.05, 0) is 25.3 Å². The van der Waals surface area contributed by atoms with E-state index in [2.05, 4.69) is 5.32 Å². The number of allylic oxidation sites excluding steroid dienone is 1. The summed E-state index contributed by atoms with van der Waals surface area (Å²) in [6.07, 6.45) is 3.20. The Hall–Kier alpha value is -2.10. The van der Waals surface area contributed by atoms with E-state index in [-0.39, 0.29) is 11.6 Å². The maximum atomic E-state index is 11.5. The molecule has 0 aliphatic heterocycles. The van der Waals surface area contributed by atoms with E-state index < -0.39 is 5.97 Å². The van der Waals surface area contributed by atoms with Crippen molar-refractivity contribution >= 4 is 11.9 Å². The molecule has 18 heavy (non-hydrogen) atoms. The van der Waals surface area contributed by atoms with Gasteiger partial charge < -0.3 is 10.4 Å². The average Bonchev–Trinajstić information content (AvgIpc) is 2.37. The second kappa shape index (κ2) is 7.27. The zero-order valence-electron chi connectivity index (χ0n) is 10.3. The number of benzene rings is 1. The van der Waals surface area contributed by atoms with E-state index >= 15 is 0 Å². The molecule has 4 nitrogen and oxygen atoms in total. The van der Waals surface area contributed by atoms with Crippen LogP contribution in [0.4, 0.5) is 0 Å². The topological polar surface area (TPSA) is 66.4 Å². The highest BCUT2D eigenvalue weighted by Crippen LogP contribution is 2.04. The molecule has 0 aliphatic carbocycles. The number of hydrogen-bond donors (Lipinski definition) is 2. The third-order valence-corrected chi connectivity index (χ3v) is 2.51. The second-order valence-corrected chi connectivity index (χ2v) is 3.89. The molecule has 1 amide bonds. The fraction of sp³-hybridized carbons (Fsp3) is 0.286. The van der Waals surface area contributed by atoms with E-state index in [9.17, 15) is 9.59 Å². The maximum absolute atomic E-state index is 11.5. The number of aryl methyl sites for hydroxylation is 1. The zero-order chi connectivity index (χ0) is 13.4. The molecule has 0 heterocycles. The fourth-order valence-corrected chi connectivity index (χ4v) is 1.56. The summed E-state index contributed by atoms with van der Waals surface area (Å²) in [6, 6.07) is 9.87. The largest absolute Gasteiger partial charge is 0.477 e. The SMILES string of the molecule is CC=C(NC(=O)CCCc1ccccc1)C(=O)O. The van der Waals surface area contributed by atoms with Crippen LogP contribution >= 0.6 is 0 Å². The Morgan fingerprint density at radius 1 is 1.28 bits per heavy atom. The summed E-state index contributed by atoms with van der Waals surface area (Å²) in [6.45, 7) is 1.58. The molecule has 0 saturated carbocycles. The average molecular weight is 247 g/mol. The zero-order valence-corrected chi connectivity index (χ0v) is 10.3. The van der Waals surface area contributed by atoms with Gasteiger partial charge in [0, 0.05) is 6.42 Å². The summed E-state index contributed by atoms with van der Waals surface area (Å²) in [4.78, 5) is 22.2. The molecule has 0 aromatic heterocycles. The van der Waals surface area contributed by atoms with Crippen LogP contribution in [0.15, 0.2) is 42.1 Å². The van der Waals surface area contributed by atoms with Gasteiger partial charge in [-0.1, -0.05) is 36.4 Å². The van der Waals surface area contributed by atoms with E-state index in [4.69, 9.17) is 5.11 Å². The number of hydrogen-bond acceptors (Lipinski definition) is 2. The van der Waals surface area contributed by atoms with Crippen molar-refractivity contribution in [1.29, 1.82) is 0 Å². The highest BCUT2D eigenvalue weighted by molar-refractivity contribution is 5.92. The fourth-order valence-electron chi connectivity index (χ4n) is 1.56. The second-order valence-electron chi connectivity index (χ2n) is 3.89. The van der Waals surface area contributed by atoms with Gasteiger partial charge in [0.2, 0.25) is 5.91 Å². The minimum absolute atomic E-state index is 0.0697. The summed E-state index contributed by atoms with van der Waals surface area (Å²) < 4.78 is 0. The van der Waals surface area contributed by atoms with Gasteiger partial charge in [0.1, 0.15) is 5.70 Å². The van der Waals surface area contributed by atoms with E-state index in [1.54, 1.807) is 6.92 Å². The molecule has 0 bridgehead atoms. The van der Waals surface area contributed by atoms with Gasteiger partial charge in [-0.25, -0.2) is 4.79 Å². The number of carboxylic acids is 1. The third kappa shape index (κ3) is 4.82. The summed E-state index contributed by atoms with van der Waals surface area (Å²) in [5.74, 6) is -1.38. The van der Waals surface area contributed by atoms with Gasteiger partial charge in [0.25, 0.3) is 0 Å². The molecule has 0 unspecified atom stereocenters. The van der Waals surface area contributed by atoms with Crippen molar-refractivity contribution < 1.29 is 14.7 Å². The summed E-state index contributed by atoms with van der Waals surface area (Å²) in [5.41, 5.74) is 1.11. The van der Waals surface area contributed by atoms with Gasteiger partial charge in [-0.3, -0.25) is 4.79 Å². The van der Waals surface area contributed by atoms with Crippen molar-refractivity contribution in [1.82, 2.24) is 5.32 Å². The molecule has 0 fully saturated rings. The molecule has 1 aromatic rings. The van der Waals surface area contributed by atoms with E-state index in [1.165, 1.54) is 11.6 Å². The van der Waals surface area contributed by atoms with Crippen molar-refractivity contribution in [2.75, 3.05) is 0 Å². The Labute approximate surface area is 106 Å². The first-order valence-electron chi connectivity index (χ1n) is 5.87. The normalized spacial score (nSPS) is 11.1. The van der Waals surface area contributed by atoms with E-state index in [0.29, 0.717) is 12.8 Å². The van der Waals surface area contributed by atoms with Gasteiger partial charge in [-0.15, -0.1) is 0 Å². The van der Waals surface area contributed by atoms with Gasteiger partial charge in [0.05, 0.1) is 0 Å². The van der Waals surface area contributed by atoms with Crippen LogP contribution in [0.25, 0.3) is 0 Å². The lowest BCUT2D eigenvalue weighted by Gasteiger charge is -2.05. The highest BCUT2D eigenvalue weighted by atomic mass is 16.4. The summed E-state index contributed by atoms with van der Waals surface area (Å²) in [7, 11) is 0. The van der Waals surface area contributed by atoms with Crippen LogP contribution in [0, 0.1) is 0 Å². The number of carbonyl (C=O) groups excluding carboxylic acids is 1. The lowest BCUT2D eigenvalue weighted by Crippen LogP contribution is -2.26. The minimum atomic E-state index is -1.12. The predicted octanol–water partition coefficient (Wildman–Crippen LogP) is 2.11. The van der Waals surface area contributed by atoms with Crippen LogP contribution in [-0.2, 0) is 16.0 Å². The molecule has 0 aliphatic rings. The van der Waals surface area contributed by atoms with Crippen LogP contribution in [0.5, 0.6) is 0 Å². The van der Waals surface area contributed by atoms with Crippen LogP contribution < -0.4 is 5.32 Å². The van der Waals surface area contributed by atoms with E-state index in [0.717, 1.165) is 6.42 Å². The molecule has 4 heteroatoms. The number of nitrogens with one attached hydrogen (secondary N) is 1. The van der Waals surface area contributed by atoms with Gasteiger partial charge in [-0.2, -0.15) is 0 Å². The number of aliphatic carboxylic acids is 1. The number of rotatable bonds is 6. The molecule has 0 atom stereocenters. The van der Waals surface area contributed by atoms with Crippen molar-refractivity contribution in [2.24, 2.45) is 0 Å². The van der Waals surface area contributed by atoms with Gasteiger partial charge in [0.15, 0.2) is 0 Å². The molecule has 1 rings (SSSR count). The number of carbonyl (C=O) groups is 2. The van der Waals surface area contributed by atoms with Crippen LogP contribution in [-0.4, -0.2) is 17.0 Å². The van der Waals surface area contributed by atoms with Crippen LogP contribution in [0.3, 0.4) is 0 Å². The van der Waals surface area contributed by atoms with E-state index in [1.807, 2.05) is 30.3 Å². The molecule has 0 radical (unpaired) electrons. The molecule has 0 saturated heterocycles. The first-order valence-corrected chi connectivity index (χ1v) is 5.87. The summed E-state index contributed by atoms with van der Waals surface area (Å²) >= 11 is 0. The number of amides is 1. The lowest BCUT2D eigenvalue weighted by molar-refractivity contribution is -0.134. The molecule has 0 spiro atoms. The quantitative estimate of drug-likeness (QED) is 0.757. The Kier molecular flexibility index (Phi) is 5.64. The Morgan fingerprint density at radius 3 is 2.50 bits per heavy atom. The van der Waals surface area contributed by atoms with Crippen molar-refractivity contribution in [2.45, 2.75) is 26.2 Å². The van der Waals surface area contributed by atoms with Crippen molar-refractivity contribution in [3.63, 3.8) is 0 Å². The molecular formula is C14H17NO3. The predicted molar refractivity (Wildman–Crippen MR) is 68.9 cm³/mol. The first kappa shape index (κ1) is 14.0. The standard InChI is InChI=1S/C14H17NO3/c1-2-12(14(17)18)15-13(16)10-6-9-11-7-4-3-5-8-11/h2-5,7-8H,6,9-10H2,1H3,(H,15,16)(H,17,18). The maximum Gasteiger partial charge on any atom is 0.352 e. The molecule has 2 N–H and O–H groups in total. The first-order chi connectivity index (χ1) is 8.63.